The number of aryl methyl sites for hydroxylation is 1. The maximum absolute atomic E-state index is 14.6. The molecule has 4 rings (SSSR count). The minimum absolute atomic E-state index is 0.0381. The number of hydrogen-bond acceptors (Lipinski definition) is 3. The smallest absolute Gasteiger partial charge is 0.166 e. The molecule has 2 atom stereocenters. The summed E-state index contributed by atoms with van der Waals surface area (Å²) in [6.07, 6.45) is 3.06. The van der Waals surface area contributed by atoms with E-state index in [9.17, 15) is 17.6 Å². The maximum Gasteiger partial charge on any atom is 0.166 e. The summed E-state index contributed by atoms with van der Waals surface area (Å²) in [5.74, 6) is -0.426. The van der Waals surface area contributed by atoms with Crippen molar-refractivity contribution in [3.63, 3.8) is 0 Å². The van der Waals surface area contributed by atoms with E-state index in [-0.39, 0.29) is 23.4 Å². The van der Waals surface area contributed by atoms with Crippen molar-refractivity contribution in [2.45, 2.75) is 51.7 Å². The van der Waals surface area contributed by atoms with Crippen molar-refractivity contribution in [3.8, 4) is 11.1 Å². The third-order valence-corrected chi connectivity index (χ3v) is 9.33. The molecule has 0 saturated heterocycles. The van der Waals surface area contributed by atoms with Gasteiger partial charge in [0.1, 0.15) is 5.82 Å². The van der Waals surface area contributed by atoms with Crippen LogP contribution in [0.25, 0.3) is 16.7 Å². The van der Waals surface area contributed by atoms with Crippen molar-refractivity contribution in [1.82, 2.24) is 0 Å². The summed E-state index contributed by atoms with van der Waals surface area (Å²) in [6, 6.07) is 10.2. The van der Waals surface area contributed by atoms with Gasteiger partial charge in [-0.25, -0.2) is 12.8 Å². The van der Waals surface area contributed by atoms with Crippen molar-refractivity contribution < 1.29 is 17.6 Å². The minimum Gasteiger partial charge on any atom is -0.294 e. The van der Waals surface area contributed by atoms with E-state index in [1.165, 1.54) is 6.07 Å². The number of Topliss-reactive ketones (excluding diaryl/α,β-unsaturated/α-hetero) is 1. The van der Waals surface area contributed by atoms with Gasteiger partial charge in [0.15, 0.2) is 15.6 Å². The highest BCUT2D eigenvalue weighted by Gasteiger charge is 2.42. The van der Waals surface area contributed by atoms with Crippen LogP contribution in [0.1, 0.15) is 51.2 Å². The zero-order valence-corrected chi connectivity index (χ0v) is 20.2. The van der Waals surface area contributed by atoms with Gasteiger partial charge in [0.2, 0.25) is 0 Å². The van der Waals surface area contributed by atoms with Crippen LogP contribution in [0.5, 0.6) is 0 Å². The number of carbonyl (C=O) groups is 1. The Hall–Kier alpha value is -1.98. The molecule has 2 aromatic rings. The Morgan fingerprint density at radius 1 is 1.06 bits per heavy atom. The molecule has 2 aromatic carbocycles. The predicted octanol–water partition coefficient (Wildman–Crippen LogP) is 6.28. The van der Waals surface area contributed by atoms with Crippen molar-refractivity contribution in [2.24, 2.45) is 11.8 Å². The molecule has 0 unspecified atom stereocenters. The third kappa shape index (κ3) is 4.17. The van der Waals surface area contributed by atoms with Gasteiger partial charge in [-0.1, -0.05) is 30.7 Å². The lowest BCUT2D eigenvalue weighted by Gasteiger charge is -2.28. The average Bonchev–Trinajstić information content (AvgIpc) is 3.18. The van der Waals surface area contributed by atoms with Gasteiger partial charge in [-0.05, 0) is 92.0 Å². The topological polar surface area (TPSA) is 51.2 Å². The van der Waals surface area contributed by atoms with Crippen LogP contribution >= 0.6 is 11.6 Å². The van der Waals surface area contributed by atoms with Gasteiger partial charge in [0.25, 0.3) is 0 Å². The third-order valence-electron chi connectivity index (χ3n) is 6.94. The molecule has 0 radical (unpaired) electrons. The summed E-state index contributed by atoms with van der Waals surface area (Å²) in [7, 11) is -3.36. The van der Waals surface area contributed by atoms with Gasteiger partial charge < -0.3 is 0 Å². The van der Waals surface area contributed by atoms with Gasteiger partial charge in [-0.3, -0.25) is 4.79 Å². The SMILES string of the molecule is CCc1ccc(-c2ccc(Cl)cc2F)cc1C1=C(CS(=O)(=O)C(C)C)[C@H]2CC[C@H](C2)C1=O. The fourth-order valence-corrected chi connectivity index (χ4v) is 6.30. The molecular formula is C26H28ClFO3S. The van der Waals surface area contributed by atoms with Gasteiger partial charge in [0.05, 0.1) is 11.0 Å². The zero-order chi connectivity index (χ0) is 23.2. The molecule has 2 bridgehead atoms. The van der Waals surface area contributed by atoms with Crippen LogP contribution in [0.2, 0.25) is 5.02 Å². The Bertz CT molecular complexity index is 1210. The van der Waals surface area contributed by atoms with Gasteiger partial charge in [0, 0.05) is 22.1 Å². The van der Waals surface area contributed by atoms with Gasteiger partial charge >= 0.3 is 0 Å². The quantitative estimate of drug-likeness (QED) is 0.494. The van der Waals surface area contributed by atoms with Crippen LogP contribution in [0, 0.1) is 17.7 Å². The number of fused-ring (bicyclic) bond motifs is 2. The average molecular weight is 475 g/mol. The molecule has 1 saturated carbocycles. The highest BCUT2D eigenvalue weighted by atomic mass is 35.5. The summed E-state index contributed by atoms with van der Waals surface area (Å²) >= 11 is 5.92. The molecule has 0 N–H and O–H groups in total. The fraction of sp³-hybridized carbons (Fsp3) is 0.423. The van der Waals surface area contributed by atoms with E-state index < -0.39 is 20.9 Å². The molecule has 2 aliphatic carbocycles. The number of ketones is 1. The first-order valence-electron chi connectivity index (χ1n) is 11.2. The van der Waals surface area contributed by atoms with E-state index in [2.05, 4.69) is 0 Å². The lowest BCUT2D eigenvalue weighted by Crippen LogP contribution is -2.28. The van der Waals surface area contributed by atoms with Crippen molar-refractivity contribution >= 4 is 32.8 Å². The summed E-state index contributed by atoms with van der Waals surface area (Å²) in [4.78, 5) is 13.5. The lowest BCUT2D eigenvalue weighted by atomic mass is 9.78. The number of hydrogen-bond donors (Lipinski definition) is 0. The molecule has 1 fully saturated rings. The molecule has 0 aromatic heterocycles. The van der Waals surface area contributed by atoms with Crippen molar-refractivity contribution in [1.29, 1.82) is 0 Å². The Morgan fingerprint density at radius 3 is 2.44 bits per heavy atom. The van der Waals surface area contributed by atoms with E-state index in [0.717, 1.165) is 36.0 Å². The predicted molar refractivity (Wildman–Crippen MR) is 128 cm³/mol. The molecule has 2 aliphatic rings. The largest absolute Gasteiger partial charge is 0.294 e. The molecule has 0 amide bonds. The normalized spacial score (nSPS) is 21.0. The first-order chi connectivity index (χ1) is 15.1. The van der Waals surface area contributed by atoms with Gasteiger partial charge in [-0.2, -0.15) is 0 Å². The minimum atomic E-state index is -3.36. The van der Waals surface area contributed by atoms with Crippen LogP contribution in [-0.2, 0) is 21.1 Å². The Morgan fingerprint density at radius 2 is 1.78 bits per heavy atom. The molecule has 0 spiro atoms. The Labute approximate surface area is 194 Å². The molecule has 3 nitrogen and oxygen atoms in total. The second-order valence-corrected chi connectivity index (χ2v) is 12.2. The lowest BCUT2D eigenvalue weighted by molar-refractivity contribution is -0.117. The number of halogens is 2. The summed E-state index contributed by atoms with van der Waals surface area (Å²) in [5, 5.41) is -0.190. The Balaban J connectivity index is 1.93. The van der Waals surface area contributed by atoms with E-state index >= 15 is 0 Å². The van der Waals surface area contributed by atoms with Crippen LogP contribution in [0.3, 0.4) is 0 Å². The highest BCUT2D eigenvalue weighted by molar-refractivity contribution is 7.92. The molecule has 0 aliphatic heterocycles. The van der Waals surface area contributed by atoms with E-state index in [1.807, 2.05) is 25.1 Å². The van der Waals surface area contributed by atoms with Crippen LogP contribution < -0.4 is 0 Å². The fourth-order valence-electron chi connectivity index (χ4n) is 4.99. The first-order valence-corrected chi connectivity index (χ1v) is 13.3. The molecule has 6 heteroatoms. The zero-order valence-electron chi connectivity index (χ0n) is 18.6. The highest BCUT2D eigenvalue weighted by Crippen LogP contribution is 2.48. The summed E-state index contributed by atoms with van der Waals surface area (Å²) in [5.41, 5.74) is 4.07. The van der Waals surface area contributed by atoms with Gasteiger partial charge in [-0.15, -0.1) is 0 Å². The van der Waals surface area contributed by atoms with Crippen LogP contribution in [-0.4, -0.2) is 25.2 Å². The van der Waals surface area contributed by atoms with E-state index in [0.29, 0.717) is 28.1 Å². The second-order valence-electron chi connectivity index (χ2n) is 9.18. The monoisotopic (exact) mass is 474 g/mol. The van der Waals surface area contributed by atoms with Crippen LogP contribution in [0.15, 0.2) is 42.0 Å². The molecule has 32 heavy (non-hydrogen) atoms. The maximum atomic E-state index is 14.6. The summed E-state index contributed by atoms with van der Waals surface area (Å²) < 4.78 is 40.4. The van der Waals surface area contributed by atoms with Crippen LogP contribution in [0.4, 0.5) is 4.39 Å². The standard InChI is InChI=1S/C26H28ClFO3S/c1-4-16-5-6-18(21-10-9-20(27)13-24(21)28)12-22(16)25-23(14-32(30,31)15(2)3)17-7-8-19(11-17)26(25)29/h5-6,9-10,12-13,15,17,19H,4,7-8,11,14H2,1-3H3/t17-,19+/m0/s1. The molecule has 170 valence electrons. The number of carbonyl (C=O) groups excluding carboxylic acids is 1. The van der Waals surface area contributed by atoms with Crippen molar-refractivity contribution in [3.05, 3.63) is 63.9 Å². The van der Waals surface area contributed by atoms with E-state index in [4.69, 9.17) is 11.6 Å². The molecule has 0 heterocycles. The van der Waals surface area contributed by atoms with E-state index in [1.54, 1.807) is 26.0 Å². The number of sulfone groups is 1. The first kappa shape index (κ1) is 23.2. The summed E-state index contributed by atoms with van der Waals surface area (Å²) in [6.45, 7) is 5.37. The van der Waals surface area contributed by atoms with Crippen molar-refractivity contribution in [2.75, 3.05) is 5.75 Å². The molecular weight excluding hydrogens is 447 g/mol. The second kappa shape index (κ2) is 8.75. The Kier molecular flexibility index (Phi) is 6.34. The number of rotatable bonds is 6. The number of allylic oxidation sites excluding steroid dienone is 1. The number of benzene rings is 2.